The summed E-state index contributed by atoms with van der Waals surface area (Å²) < 4.78 is 7.00. The summed E-state index contributed by atoms with van der Waals surface area (Å²) in [7, 11) is 0. The Kier molecular flexibility index (Phi) is 4.18. The molecule has 1 saturated carbocycles. The predicted octanol–water partition coefficient (Wildman–Crippen LogP) is 2.70. The number of nitrogens with zero attached hydrogens (tertiary/aromatic N) is 3. The number of nitrogens with one attached hydrogen (secondary N) is 2. The van der Waals surface area contributed by atoms with Crippen LogP contribution in [0.3, 0.4) is 0 Å². The number of carbonyl (C=O) groups is 1. The van der Waals surface area contributed by atoms with E-state index in [-0.39, 0.29) is 6.03 Å². The standard InChI is InChI=1S/C14H19N5O2/c20-14(15-9-12-7-4-8-21-12)17-13-16-10-19(18-13)11-5-2-1-3-6-11/h4,7-8,10-11H,1-3,5-6,9H2,(H2,15,17,18,20). The Hall–Kier alpha value is -2.31. The van der Waals surface area contributed by atoms with Crippen molar-refractivity contribution in [1.82, 2.24) is 20.1 Å². The van der Waals surface area contributed by atoms with E-state index in [9.17, 15) is 4.79 Å². The quantitative estimate of drug-likeness (QED) is 0.906. The van der Waals surface area contributed by atoms with Crippen LogP contribution in [0.4, 0.5) is 10.7 Å². The molecule has 21 heavy (non-hydrogen) atoms. The number of urea groups is 1. The van der Waals surface area contributed by atoms with E-state index >= 15 is 0 Å². The predicted molar refractivity (Wildman–Crippen MR) is 76.7 cm³/mol. The van der Waals surface area contributed by atoms with Crippen LogP contribution in [-0.4, -0.2) is 20.8 Å². The summed E-state index contributed by atoms with van der Waals surface area (Å²) in [5.41, 5.74) is 0. The highest BCUT2D eigenvalue weighted by Gasteiger charge is 2.17. The molecule has 1 aliphatic carbocycles. The molecule has 2 aromatic heterocycles. The molecule has 1 fully saturated rings. The first-order valence-corrected chi connectivity index (χ1v) is 7.29. The third kappa shape index (κ3) is 3.62. The van der Waals surface area contributed by atoms with E-state index in [1.165, 1.54) is 19.3 Å². The molecule has 2 heterocycles. The van der Waals surface area contributed by atoms with Crippen molar-refractivity contribution in [2.75, 3.05) is 5.32 Å². The van der Waals surface area contributed by atoms with E-state index in [1.807, 2.05) is 4.68 Å². The summed E-state index contributed by atoms with van der Waals surface area (Å²) in [6.45, 7) is 0.335. The van der Waals surface area contributed by atoms with Crippen molar-refractivity contribution in [3.8, 4) is 0 Å². The van der Waals surface area contributed by atoms with Crippen LogP contribution >= 0.6 is 0 Å². The highest BCUT2D eigenvalue weighted by molar-refractivity contribution is 5.87. The molecule has 0 radical (unpaired) electrons. The molecule has 0 saturated heterocycles. The molecule has 0 spiro atoms. The van der Waals surface area contributed by atoms with E-state index in [0.717, 1.165) is 12.8 Å². The number of hydrogen-bond donors (Lipinski definition) is 2. The fourth-order valence-electron chi connectivity index (χ4n) is 2.58. The van der Waals surface area contributed by atoms with E-state index in [4.69, 9.17) is 4.42 Å². The number of carbonyl (C=O) groups excluding carboxylic acids is 1. The maximum atomic E-state index is 11.7. The number of aromatic nitrogens is 3. The largest absolute Gasteiger partial charge is 0.467 e. The van der Waals surface area contributed by atoms with Gasteiger partial charge in [-0.2, -0.15) is 0 Å². The zero-order valence-electron chi connectivity index (χ0n) is 11.8. The number of amides is 2. The highest BCUT2D eigenvalue weighted by Crippen LogP contribution is 2.27. The van der Waals surface area contributed by atoms with Crippen molar-refractivity contribution in [2.45, 2.75) is 44.7 Å². The first-order chi connectivity index (χ1) is 10.3. The van der Waals surface area contributed by atoms with Crippen LogP contribution in [0.2, 0.25) is 0 Å². The van der Waals surface area contributed by atoms with Crippen molar-refractivity contribution in [2.24, 2.45) is 0 Å². The zero-order chi connectivity index (χ0) is 14.5. The second-order valence-corrected chi connectivity index (χ2v) is 5.23. The van der Waals surface area contributed by atoms with Gasteiger partial charge in [-0.1, -0.05) is 19.3 Å². The fourth-order valence-corrected chi connectivity index (χ4v) is 2.58. The molecule has 112 valence electrons. The van der Waals surface area contributed by atoms with Crippen LogP contribution in [0.5, 0.6) is 0 Å². The second-order valence-electron chi connectivity index (χ2n) is 5.23. The maximum absolute atomic E-state index is 11.7. The summed E-state index contributed by atoms with van der Waals surface area (Å²) in [4.78, 5) is 15.9. The first kappa shape index (κ1) is 13.7. The van der Waals surface area contributed by atoms with Crippen LogP contribution in [0.1, 0.15) is 43.9 Å². The second kappa shape index (κ2) is 6.43. The van der Waals surface area contributed by atoms with E-state index in [2.05, 4.69) is 20.7 Å². The Morgan fingerprint density at radius 3 is 3.00 bits per heavy atom. The van der Waals surface area contributed by atoms with Gasteiger partial charge < -0.3 is 9.73 Å². The minimum absolute atomic E-state index is 0.331. The molecule has 0 atom stereocenters. The van der Waals surface area contributed by atoms with E-state index < -0.39 is 0 Å². The lowest BCUT2D eigenvalue weighted by Crippen LogP contribution is -2.28. The van der Waals surface area contributed by atoms with Gasteiger partial charge in [-0.05, 0) is 25.0 Å². The van der Waals surface area contributed by atoms with Gasteiger partial charge in [0.2, 0.25) is 5.95 Å². The first-order valence-electron chi connectivity index (χ1n) is 7.29. The molecular weight excluding hydrogens is 270 g/mol. The van der Waals surface area contributed by atoms with Crippen molar-refractivity contribution < 1.29 is 9.21 Å². The zero-order valence-corrected chi connectivity index (χ0v) is 11.8. The molecule has 2 N–H and O–H groups in total. The third-order valence-electron chi connectivity index (χ3n) is 3.69. The van der Waals surface area contributed by atoms with Crippen molar-refractivity contribution in [3.63, 3.8) is 0 Å². The number of furan rings is 1. The lowest BCUT2D eigenvalue weighted by atomic mass is 9.96. The Morgan fingerprint density at radius 2 is 2.24 bits per heavy atom. The molecule has 2 amide bonds. The molecule has 0 aliphatic heterocycles. The van der Waals surface area contributed by atoms with Crippen molar-refractivity contribution in [1.29, 1.82) is 0 Å². The normalized spacial score (nSPS) is 15.8. The average Bonchev–Trinajstić information content (AvgIpc) is 3.17. The molecule has 0 aromatic carbocycles. The molecule has 2 aromatic rings. The van der Waals surface area contributed by atoms with Gasteiger partial charge in [0, 0.05) is 0 Å². The third-order valence-corrected chi connectivity index (χ3v) is 3.69. The van der Waals surface area contributed by atoms with Gasteiger partial charge in [-0.25, -0.2) is 14.5 Å². The fraction of sp³-hybridized carbons (Fsp3) is 0.500. The monoisotopic (exact) mass is 289 g/mol. The maximum Gasteiger partial charge on any atom is 0.322 e. The molecule has 7 heteroatoms. The van der Waals surface area contributed by atoms with Gasteiger partial charge in [0.05, 0.1) is 18.8 Å². The molecule has 0 bridgehead atoms. The Balaban J connectivity index is 1.50. The van der Waals surface area contributed by atoms with Crippen LogP contribution in [-0.2, 0) is 6.54 Å². The molecule has 7 nitrogen and oxygen atoms in total. The van der Waals surface area contributed by atoms with Gasteiger partial charge in [0.25, 0.3) is 0 Å². The van der Waals surface area contributed by atoms with E-state index in [0.29, 0.717) is 24.3 Å². The van der Waals surface area contributed by atoms with Crippen LogP contribution in [0.25, 0.3) is 0 Å². The Labute approximate surface area is 122 Å². The molecule has 3 rings (SSSR count). The summed E-state index contributed by atoms with van der Waals surface area (Å²) in [5, 5.41) is 9.65. The topological polar surface area (TPSA) is 85.0 Å². The van der Waals surface area contributed by atoms with Gasteiger partial charge in [-0.3, -0.25) is 5.32 Å². The summed E-state index contributed by atoms with van der Waals surface area (Å²) in [6.07, 6.45) is 9.29. The number of hydrogen-bond acceptors (Lipinski definition) is 4. The summed E-state index contributed by atoms with van der Waals surface area (Å²) in [5.74, 6) is 1.03. The Bertz CT molecular complexity index is 572. The van der Waals surface area contributed by atoms with Crippen molar-refractivity contribution in [3.05, 3.63) is 30.5 Å². The minimum Gasteiger partial charge on any atom is -0.467 e. The lowest BCUT2D eigenvalue weighted by molar-refractivity contribution is 0.250. The van der Waals surface area contributed by atoms with Crippen molar-refractivity contribution >= 4 is 12.0 Å². The Morgan fingerprint density at radius 1 is 1.38 bits per heavy atom. The average molecular weight is 289 g/mol. The van der Waals surface area contributed by atoms with E-state index in [1.54, 1.807) is 24.7 Å². The van der Waals surface area contributed by atoms with Crippen LogP contribution in [0, 0.1) is 0 Å². The summed E-state index contributed by atoms with van der Waals surface area (Å²) in [6, 6.07) is 3.65. The summed E-state index contributed by atoms with van der Waals surface area (Å²) >= 11 is 0. The SMILES string of the molecule is O=C(NCc1ccco1)Nc1ncn(C2CCCCC2)n1. The number of anilines is 1. The smallest absolute Gasteiger partial charge is 0.322 e. The lowest BCUT2D eigenvalue weighted by Gasteiger charge is -2.21. The molecular formula is C14H19N5O2. The minimum atomic E-state index is -0.340. The molecule has 0 unspecified atom stereocenters. The highest BCUT2D eigenvalue weighted by atomic mass is 16.3. The number of rotatable bonds is 4. The molecule has 1 aliphatic rings. The van der Waals surface area contributed by atoms with Gasteiger partial charge in [0.15, 0.2) is 0 Å². The van der Waals surface area contributed by atoms with Crippen LogP contribution < -0.4 is 10.6 Å². The van der Waals surface area contributed by atoms with Gasteiger partial charge in [0.1, 0.15) is 12.1 Å². The van der Waals surface area contributed by atoms with Crippen LogP contribution in [0.15, 0.2) is 29.1 Å². The van der Waals surface area contributed by atoms with Gasteiger partial charge >= 0.3 is 6.03 Å². The van der Waals surface area contributed by atoms with Gasteiger partial charge in [-0.15, -0.1) is 5.10 Å².